The van der Waals surface area contributed by atoms with Gasteiger partial charge >= 0.3 is 0 Å². The first-order valence-electron chi connectivity index (χ1n) is 6.29. The summed E-state index contributed by atoms with van der Waals surface area (Å²) in [5.74, 6) is 1.01. The summed E-state index contributed by atoms with van der Waals surface area (Å²) >= 11 is 0. The molecular weight excluding hydrogens is 198 g/mol. The minimum absolute atomic E-state index is 0.765. The van der Waals surface area contributed by atoms with Crippen LogP contribution in [0.15, 0.2) is 12.1 Å². The number of anilines is 1. The molecule has 0 radical (unpaired) electrons. The normalized spacial score (nSPS) is 15.1. The standard InChI is InChI=1S/C13H21N3/c1-3-11-7-10(9-15-12-5-6-12)8-13(16-11)14-4-2/h7-8,12,15H,3-6,9H2,1-2H3,(H,14,16). The lowest BCUT2D eigenvalue weighted by Gasteiger charge is -2.09. The van der Waals surface area contributed by atoms with Gasteiger partial charge in [-0.25, -0.2) is 4.98 Å². The Morgan fingerprint density at radius 1 is 1.31 bits per heavy atom. The maximum Gasteiger partial charge on any atom is 0.126 e. The van der Waals surface area contributed by atoms with Gasteiger partial charge in [-0.2, -0.15) is 0 Å². The van der Waals surface area contributed by atoms with Crippen LogP contribution in [0.5, 0.6) is 0 Å². The van der Waals surface area contributed by atoms with E-state index < -0.39 is 0 Å². The van der Waals surface area contributed by atoms with Gasteiger partial charge in [0.2, 0.25) is 0 Å². The highest BCUT2D eigenvalue weighted by atomic mass is 15.0. The van der Waals surface area contributed by atoms with Crippen molar-refractivity contribution in [1.82, 2.24) is 10.3 Å². The highest BCUT2D eigenvalue weighted by Gasteiger charge is 2.20. The zero-order valence-electron chi connectivity index (χ0n) is 10.2. The molecule has 88 valence electrons. The van der Waals surface area contributed by atoms with Gasteiger partial charge < -0.3 is 10.6 Å². The molecule has 2 rings (SSSR count). The molecule has 1 aromatic rings. The van der Waals surface area contributed by atoms with Gasteiger partial charge in [-0.3, -0.25) is 0 Å². The van der Waals surface area contributed by atoms with Gasteiger partial charge in [0.15, 0.2) is 0 Å². The molecule has 0 bridgehead atoms. The first-order valence-corrected chi connectivity index (χ1v) is 6.29. The van der Waals surface area contributed by atoms with Crippen molar-refractivity contribution in [2.24, 2.45) is 0 Å². The molecule has 0 spiro atoms. The number of aryl methyl sites for hydroxylation is 1. The van der Waals surface area contributed by atoms with Crippen molar-refractivity contribution in [2.75, 3.05) is 11.9 Å². The predicted molar refractivity (Wildman–Crippen MR) is 67.6 cm³/mol. The van der Waals surface area contributed by atoms with Crippen molar-refractivity contribution < 1.29 is 0 Å². The van der Waals surface area contributed by atoms with Crippen LogP contribution in [-0.4, -0.2) is 17.6 Å². The molecule has 0 aliphatic heterocycles. The van der Waals surface area contributed by atoms with E-state index in [1.807, 2.05) is 0 Å². The van der Waals surface area contributed by atoms with E-state index in [2.05, 4.69) is 41.6 Å². The molecule has 1 aliphatic rings. The summed E-state index contributed by atoms with van der Waals surface area (Å²) in [6.07, 6.45) is 3.67. The van der Waals surface area contributed by atoms with Crippen LogP contribution < -0.4 is 10.6 Å². The zero-order chi connectivity index (χ0) is 11.4. The molecule has 0 amide bonds. The molecule has 2 N–H and O–H groups in total. The van der Waals surface area contributed by atoms with Crippen LogP contribution in [0.4, 0.5) is 5.82 Å². The first kappa shape index (κ1) is 11.4. The molecule has 0 atom stereocenters. The number of rotatable bonds is 6. The summed E-state index contributed by atoms with van der Waals surface area (Å²) in [7, 11) is 0. The van der Waals surface area contributed by atoms with Crippen molar-refractivity contribution in [3.05, 3.63) is 23.4 Å². The highest BCUT2D eigenvalue weighted by Crippen LogP contribution is 2.20. The minimum atomic E-state index is 0.765. The lowest BCUT2D eigenvalue weighted by Crippen LogP contribution is -2.16. The van der Waals surface area contributed by atoms with Gasteiger partial charge in [0.1, 0.15) is 5.82 Å². The maximum absolute atomic E-state index is 4.55. The van der Waals surface area contributed by atoms with E-state index in [1.165, 1.54) is 24.1 Å². The van der Waals surface area contributed by atoms with Crippen LogP contribution in [0, 0.1) is 0 Å². The molecule has 16 heavy (non-hydrogen) atoms. The van der Waals surface area contributed by atoms with Crippen LogP contribution in [0.3, 0.4) is 0 Å². The Kier molecular flexibility index (Phi) is 3.78. The van der Waals surface area contributed by atoms with Crippen molar-refractivity contribution in [1.29, 1.82) is 0 Å². The van der Waals surface area contributed by atoms with Gasteiger partial charge in [0, 0.05) is 24.8 Å². The van der Waals surface area contributed by atoms with E-state index in [0.29, 0.717) is 0 Å². The van der Waals surface area contributed by atoms with E-state index in [1.54, 1.807) is 0 Å². The summed E-state index contributed by atoms with van der Waals surface area (Å²) in [5, 5.41) is 6.82. The summed E-state index contributed by atoms with van der Waals surface area (Å²) < 4.78 is 0. The van der Waals surface area contributed by atoms with E-state index in [0.717, 1.165) is 31.4 Å². The average Bonchev–Trinajstić information content (AvgIpc) is 3.10. The predicted octanol–water partition coefficient (Wildman–Crippen LogP) is 2.33. The Bertz CT molecular complexity index is 345. The van der Waals surface area contributed by atoms with Gasteiger partial charge in [-0.05, 0) is 43.9 Å². The Morgan fingerprint density at radius 2 is 2.12 bits per heavy atom. The SMILES string of the molecule is CCNc1cc(CNC2CC2)cc(CC)n1. The van der Waals surface area contributed by atoms with E-state index in [-0.39, 0.29) is 0 Å². The zero-order valence-corrected chi connectivity index (χ0v) is 10.2. The topological polar surface area (TPSA) is 37.0 Å². The molecule has 1 heterocycles. The molecule has 3 heteroatoms. The summed E-state index contributed by atoms with van der Waals surface area (Å²) in [4.78, 5) is 4.55. The number of nitrogens with zero attached hydrogens (tertiary/aromatic N) is 1. The quantitative estimate of drug-likeness (QED) is 0.771. The fourth-order valence-electron chi connectivity index (χ4n) is 1.76. The number of aromatic nitrogens is 1. The molecule has 3 nitrogen and oxygen atoms in total. The van der Waals surface area contributed by atoms with E-state index in [9.17, 15) is 0 Å². The van der Waals surface area contributed by atoms with Gasteiger partial charge in [-0.1, -0.05) is 6.92 Å². The summed E-state index contributed by atoms with van der Waals surface area (Å²) in [5.41, 5.74) is 2.51. The Hall–Kier alpha value is -1.09. The largest absolute Gasteiger partial charge is 0.370 e. The van der Waals surface area contributed by atoms with Crippen LogP contribution in [0.1, 0.15) is 37.9 Å². The highest BCUT2D eigenvalue weighted by molar-refractivity contribution is 5.39. The summed E-state index contributed by atoms with van der Waals surface area (Å²) in [6.45, 7) is 6.15. The second kappa shape index (κ2) is 5.30. The number of hydrogen-bond acceptors (Lipinski definition) is 3. The Morgan fingerprint density at radius 3 is 2.75 bits per heavy atom. The van der Waals surface area contributed by atoms with Crippen LogP contribution >= 0.6 is 0 Å². The molecule has 0 unspecified atom stereocenters. The van der Waals surface area contributed by atoms with Gasteiger partial charge in [0.25, 0.3) is 0 Å². The van der Waals surface area contributed by atoms with Crippen molar-refractivity contribution in [2.45, 2.75) is 45.7 Å². The third-order valence-corrected chi connectivity index (χ3v) is 2.83. The van der Waals surface area contributed by atoms with Crippen molar-refractivity contribution >= 4 is 5.82 Å². The van der Waals surface area contributed by atoms with Crippen molar-refractivity contribution in [3.63, 3.8) is 0 Å². The third kappa shape index (κ3) is 3.20. The lowest BCUT2D eigenvalue weighted by molar-refractivity contribution is 0.686. The monoisotopic (exact) mass is 219 g/mol. The molecule has 1 aromatic heterocycles. The van der Waals surface area contributed by atoms with Crippen LogP contribution in [-0.2, 0) is 13.0 Å². The smallest absolute Gasteiger partial charge is 0.126 e. The Labute approximate surface area is 97.7 Å². The molecule has 0 saturated heterocycles. The second-order valence-electron chi connectivity index (χ2n) is 4.39. The summed E-state index contributed by atoms with van der Waals surface area (Å²) in [6, 6.07) is 5.12. The number of pyridine rings is 1. The number of hydrogen-bond donors (Lipinski definition) is 2. The molecule has 1 saturated carbocycles. The van der Waals surface area contributed by atoms with Gasteiger partial charge in [0.05, 0.1) is 0 Å². The molecule has 1 fully saturated rings. The fourth-order valence-corrected chi connectivity index (χ4v) is 1.76. The fraction of sp³-hybridized carbons (Fsp3) is 0.615. The maximum atomic E-state index is 4.55. The van der Waals surface area contributed by atoms with Gasteiger partial charge in [-0.15, -0.1) is 0 Å². The third-order valence-electron chi connectivity index (χ3n) is 2.83. The lowest BCUT2D eigenvalue weighted by atomic mass is 10.2. The second-order valence-corrected chi connectivity index (χ2v) is 4.39. The molecule has 0 aromatic carbocycles. The Balaban J connectivity index is 2.04. The minimum Gasteiger partial charge on any atom is -0.370 e. The average molecular weight is 219 g/mol. The first-order chi connectivity index (χ1) is 7.81. The molecule has 1 aliphatic carbocycles. The van der Waals surface area contributed by atoms with E-state index >= 15 is 0 Å². The van der Waals surface area contributed by atoms with Crippen molar-refractivity contribution in [3.8, 4) is 0 Å². The molecular formula is C13H21N3. The van der Waals surface area contributed by atoms with E-state index in [4.69, 9.17) is 0 Å². The van der Waals surface area contributed by atoms with Crippen LogP contribution in [0.2, 0.25) is 0 Å². The van der Waals surface area contributed by atoms with Crippen LogP contribution in [0.25, 0.3) is 0 Å². The number of nitrogens with one attached hydrogen (secondary N) is 2.